The molecule has 0 amide bonds. The number of hydrogen-bond donors (Lipinski definition) is 5. The van der Waals surface area contributed by atoms with Gasteiger partial charge in [0.25, 0.3) is 0 Å². The fraction of sp³-hybridized carbons (Fsp3) is 0. The molecule has 24 heavy (non-hydrogen) atoms. The summed E-state index contributed by atoms with van der Waals surface area (Å²) in [4.78, 5) is 20.8. The molecule has 0 aromatic heterocycles. The van der Waals surface area contributed by atoms with E-state index in [1.165, 1.54) is 36.4 Å². The Balaban J connectivity index is 0.000000436. The van der Waals surface area contributed by atoms with Crippen LogP contribution in [-0.4, -0.2) is 63.5 Å². The van der Waals surface area contributed by atoms with Crippen molar-refractivity contribution in [2.45, 2.75) is 0 Å². The van der Waals surface area contributed by atoms with Gasteiger partial charge in [0, 0.05) is 0 Å². The van der Waals surface area contributed by atoms with E-state index < -0.39 is 19.3 Å². The molecule has 0 saturated heterocycles. The van der Waals surface area contributed by atoms with Crippen LogP contribution in [-0.2, 0) is 0 Å². The second-order valence-corrected chi connectivity index (χ2v) is 4.07. The molecule has 0 radical (unpaired) electrons. The zero-order valence-electron chi connectivity index (χ0n) is 11.7. The third-order valence-electron chi connectivity index (χ3n) is 2.48. The predicted molar refractivity (Wildman–Crippen MR) is 86.4 cm³/mol. The average molecular weight is 328 g/mol. The molecule has 5 N–H and O–H groups in total. The van der Waals surface area contributed by atoms with E-state index >= 15 is 0 Å². The van der Waals surface area contributed by atoms with Crippen LogP contribution in [0.5, 0.6) is 11.5 Å². The molecule has 0 bridgehead atoms. The van der Waals surface area contributed by atoms with Crippen molar-refractivity contribution >= 4 is 38.1 Å². The first-order valence-electron chi connectivity index (χ1n) is 6.19. The number of aromatic carboxylic acids is 2. The third-order valence-corrected chi connectivity index (χ3v) is 2.48. The number of hydrogen-bond acceptors (Lipinski definition) is 6. The summed E-state index contributed by atoms with van der Waals surface area (Å²) in [6.07, 6.45) is 0. The van der Waals surface area contributed by atoms with Crippen molar-refractivity contribution in [3.8, 4) is 11.5 Å². The Labute approximate surface area is 149 Å². The molecule has 2 rings (SSSR count). The van der Waals surface area contributed by atoms with Crippen LogP contribution in [0.25, 0.3) is 0 Å². The molecule has 2 aromatic carbocycles. The number of aromatic hydroxyl groups is 1. The molecule has 0 aliphatic rings. The molecule has 0 spiro atoms. The number of phenols is 1. The Hall–Kier alpha value is -2.44. The van der Waals surface area contributed by atoms with Crippen LogP contribution in [0.15, 0.2) is 48.5 Å². The summed E-state index contributed by atoms with van der Waals surface area (Å²) in [5, 5.41) is 42.8. The molecule has 0 fully saturated rings. The summed E-state index contributed by atoms with van der Waals surface area (Å²) in [7, 11) is -2.01. The fourth-order valence-corrected chi connectivity index (χ4v) is 1.51. The summed E-state index contributed by atoms with van der Waals surface area (Å²) < 4.78 is 4.44. The van der Waals surface area contributed by atoms with Gasteiger partial charge in [-0.15, -0.1) is 0 Å². The number of rotatable bonds is 4. The summed E-state index contributed by atoms with van der Waals surface area (Å²) in [6, 6.07) is 11.5. The van der Waals surface area contributed by atoms with Crippen molar-refractivity contribution in [3.63, 3.8) is 0 Å². The Morgan fingerprint density at radius 1 is 0.833 bits per heavy atom. The SMILES string of the molecule is O=C(O)c1ccccc1O.O=C(O)c1ccccc1OB(O)O.[LiH]. The van der Waals surface area contributed by atoms with E-state index in [-0.39, 0.29) is 41.5 Å². The number of carboxylic acids is 2. The Morgan fingerprint density at radius 3 is 1.71 bits per heavy atom. The topological polar surface area (TPSA) is 145 Å². The predicted octanol–water partition coefficient (Wildman–Crippen LogP) is 0.175. The normalized spacial score (nSPS) is 8.92. The second-order valence-electron chi connectivity index (χ2n) is 4.07. The van der Waals surface area contributed by atoms with Gasteiger partial charge in [0.05, 0.1) is 5.56 Å². The van der Waals surface area contributed by atoms with Gasteiger partial charge in [-0.1, -0.05) is 24.3 Å². The van der Waals surface area contributed by atoms with Crippen LogP contribution in [0.2, 0.25) is 0 Å². The van der Waals surface area contributed by atoms with Crippen molar-refractivity contribution in [2.24, 2.45) is 0 Å². The quantitative estimate of drug-likeness (QED) is 0.500. The molecule has 0 saturated carbocycles. The molecule has 0 aliphatic heterocycles. The van der Waals surface area contributed by atoms with Gasteiger partial charge < -0.3 is 30.0 Å². The number of benzene rings is 2. The van der Waals surface area contributed by atoms with Gasteiger partial charge in [-0.3, -0.25) is 0 Å². The summed E-state index contributed by atoms with van der Waals surface area (Å²) in [6.45, 7) is 0. The van der Waals surface area contributed by atoms with E-state index in [0.29, 0.717) is 0 Å². The van der Waals surface area contributed by atoms with Gasteiger partial charge in [0.2, 0.25) is 0 Å². The van der Waals surface area contributed by atoms with Gasteiger partial charge in [-0.05, 0) is 24.3 Å². The average Bonchev–Trinajstić information content (AvgIpc) is 2.47. The Bertz CT molecular complexity index is 692. The zero-order valence-corrected chi connectivity index (χ0v) is 11.7. The first-order valence-corrected chi connectivity index (χ1v) is 6.19. The first kappa shape index (κ1) is 21.6. The van der Waals surface area contributed by atoms with E-state index in [9.17, 15) is 9.59 Å². The third kappa shape index (κ3) is 6.77. The van der Waals surface area contributed by atoms with Crippen molar-refractivity contribution < 1.29 is 39.6 Å². The van der Waals surface area contributed by atoms with Gasteiger partial charge in [-0.25, -0.2) is 9.59 Å². The fourth-order valence-electron chi connectivity index (χ4n) is 1.51. The maximum atomic E-state index is 10.6. The molecule has 0 atom stereocenters. The van der Waals surface area contributed by atoms with E-state index in [1.807, 2.05) is 0 Å². The number of carboxylic acid groups (broad SMARTS) is 2. The van der Waals surface area contributed by atoms with Crippen molar-refractivity contribution in [2.75, 3.05) is 0 Å². The molecule has 0 aliphatic carbocycles. The number of para-hydroxylation sites is 2. The van der Waals surface area contributed by atoms with E-state index in [4.69, 9.17) is 25.4 Å². The Kier molecular flexibility index (Phi) is 9.31. The molecule has 0 heterocycles. The van der Waals surface area contributed by atoms with Gasteiger partial charge in [0.15, 0.2) is 0 Å². The van der Waals surface area contributed by atoms with E-state index in [2.05, 4.69) is 4.65 Å². The zero-order chi connectivity index (χ0) is 17.4. The van der Waals surface area contributed by atoms with Crippen molar-refractivity contribution in [1.82, 2.24) is 0 Å². The van der Waals surface area contributed by atoms with Crippen LogP contribution >= 0.6 is 0 Å². The van der Waals surface area contributed by atoms with E-state index in [1.54, 1.807) is 12.1 Å². The summed E-state index contributed by atoms with van der Waals surface area (Å²) in [5.41, 5.74) is -0.182. The van der Waals surface area contributed by atoms with Crippen LogP contribution < -0.4 is 4.65 Å². The first-order chi connectivity index (χ1) is 10.8. The van der Waals surface area contributed by atoms with Crippen LogP contribution in [0.4, 0.5) is 0 Å². The van der Waals surface area contributed by atoms with Gasteiger partial charge >= 0.3 is 38.1 Å². The molecule has 0 unspecified atom stereocenters. The summed E-state index contributed by atoms with van der Waals surface area (Å²) >= 11 is 0. The van der Waals surface area contributed by atoms with E-state index in [0.717, 1.165) is 0 Å². The minimum absolute atomic E-state index is 0. The van der Waals surface area contributed by atoms with Crippen molar-refractivity contribution in [3.05, 3.63) is 59.7 Å². The van der Waals surface area contributed by atoms with Gasteiger partial charge in [-0.2, -0.15) is 0 Å². The molecular formula is C14H14BLiO8. The molecular weight excluding hydrogens is 314 g/mol. The molecule has 122 valence electrons. The standard InChI is InChI=1S/C7H7BO5.C7H6O3.Li.H/c9-7(10)5-3-1-2-4-6(5)13-8(11)12;8-6-4-2-1-3-5(6)7(9)10;;/h1-4,11-12H,(H,9,10);1-4,8H,(H,9,10);;. The molecule has 8 nitrogen and oxygen atoms in total. The summed E-state index contributed by atoms with van der Waals surface area (Å²) in [5.74, 6) is -2.57. The number of carbonyl (C=O) groups is 2. The van der Waals surface area contributed by atoms with Gasteiger partial charge in [0.1, 0.15) is 17.1 Å². The second kappa shape index (κ2) is 10.4. The monoisotopic (exact) mass is 328 g/mol. The molecule has 10 heteroatoms. The van der Waals surface area contributed by atoms with Crippen LogP contribution in [0, 0.1) is 0 Å². The van der Waals surface area contributed by atoms with Crippen molar-refractivity contribution in [1.29, 1.82) is 0 Å². The van der Waals surface area contributed by atoms with Crippen LogP contribution in [0.3, 0.4) is 0 Å². The maximum absolute atomic E-state index is 10.6. The minimum atomic E-state index is -2.01. The Morgan fingerprint density at radius 2 is 1.29 bits per heavy atom. The molecule has 2 aromatic rings. The van der Waals surface area contributed by atoms with Crippen LogP contribution in [0.1, 0.15) is 20.7 Å².